The van der Waals surface area contributed by atoms with E-state index in [1.54, 1.807) is 7.11 Å². The second-order valence-electron chi connectivity index (χ2n) is 8.61. The van der Waals surface area contributed by atoms with Crippen molar-refractivity contribution in [3.05, 3.63) is 59.2 Å². The van der Waals surface area contributed by atoms with Gasteiger partial charge < -0.3 is 25.2 Å². The van der Waals surface area contributed by atoms with E-state index in [9.17, 15) is 4.79 Å². The number of ether oxygens (including phenoxy) is 1. The molecule has 2 heterocycles. The highest BCUT2D eigenvalue weighted by atomic mass is 16.5. The maximum absolute atomic E-state index is 11.5. The lowest BCUT2D eigenvalue weighted by atomic mass is 9.88. The summed E-state index contributed by atoms with van der Waals surface area (Å²) in [4.78, 5) is 32.3. The highest BCUT2D eigenvalue weighted by Gasteiger charge is 2.22. The average Bonchev–Trinajstić information content (AvgIpc) is 2.85. The van der Waals surface area contributed by atoms with Gasteiger partial charge in [0.05, 0.1) is 7.11 Å². The van der Waals surface area contributed by atoms with Gasteiger partial charge in [0.15, 0.2) is 0 Å². The van der Waals surface area contributed by atoms with Crippen LogP contribution >= 0.6 is 0 Å². The lowest BCUT2D eigenvalue weighted by Crippen LogP contribution is -2.34. The number of methoxy groups -OCH3 is 1. The number of carboxylic acid groups (broad SMARTS) is 2. The van der Waals surface area contributed by atoms with Crippen molar-refractivity contribution in [1.82, 2.24) is 4.90 Å². The SMILES string of the molecule is COc1ccccc1C1CCN(CCCc2ccc3c(c2)CCC(=O)N3)CC1.O=C(O)C(=O)O. The first-order chi connectivity index (χ1) is 16.4. The zero-order valence-electron chi connectivity index (χ0n) is 19.5. The van der Waals surface area contributed by atoms with Gasteiger partial charge in [0, 0.05) is 12.1 Å². The monoisotopic (exact) mass is 468 g/mol. The molecule has 0 saturated carbocycles. The third kappa shape index (κ3) is 7.05. The van der Waals surface area contributed by atoms with Gasteiger partial charge in [0.2, 0.25) is 5.91 Å². The molecule has 0 unspecified atom stereocenters. The number of likely N-dealkylation sites (tertiary alicyclic amines) is 1. The van der Waals surface area contributed by atoms with E-state index < -0.39 is 11.9 Å². The van der Waals surface area contributed by atoms with E-state index in [-0.39, 0.29) is 5.91 Å². The smallest absolute Gasteiger partial charge is 0.414 e. The molecule has 8 nitrogen and oxygen atoms in total. The highest BCUT2D eigenvalue weighted by Crippen LogP contribution is 2.34. The zero-order chi connectivity index (χ0) is 24.5. The second kappa shape index (κ2) is 12.2. The van der Waals surface area contributed by atoms with Crippen molar-refractivity contribution in [2.45, 2.75) is 44.4 Å². The van der Waals surface area contributed by atoms with Gasteiger partial charge in [0.25, 0.3) is 0 Å². The molecule has 0 spiro atoms. The Morgan fingerprint density at radius 3 is 2.44 bits per heavy atom. The molecule has 3 N–H and O–H groups in total. The number of benzene rings is 2. The van der Waals surface area contributed by atoms with Crippen molar-refractivity contribution in [2.75, 3.05) is 32.1 Å². The first-order valence-corrected chi connectivity index (χ1v) is 11.6. The number of piperidine rings is 1. The molecule has 1 saturated heterocycles. The van der Waals surface area contributed by atoms with E-state index in [4.69, 9.17) is 24.5 Å². The minimum atomic E-state index is -1.82. The standard InChI is InChI=1S/C24H30N2O2.C2H2O4/c1-28-23-7-3-2-6-21(23)19-12-15-26(16-13-19)14-4-5-18-8-10-22-20(17-18)9-11-24(27)25-22;3-1(4)2(5)6/h2-3,6-8,10,17,19H,4-5,9,11-16H2,1H3,(H,25,27);(H,3,4)(H,5,6). The van der Waals surface area contributed by atoms with Gasteiger partial charge in [-0.05, 0) is 86.5 Å². The summed E-state index contributed by atoms with van der Waals surface area (Å²) >= 11 is 0. The molecule has 2 aromatic carbocycles. The minimum Gasteiger partial charge on any atom is -0.496 e. The molecule has 2 aliphatic rings. The predicted molar refractivity (Wildman–Crippen MR) is 128 cm³/mol. The number of nitrogens with zero attached hydrogens (tertiary/aromatic N) is 1. The first-order valence-electron chi connectivity index (χ1n) is 11.6. The van der Waals surface area contributed by atoms with E-state index in [1.165, 1.54) is 49.0 Å². The molecule has 34 heavy (non-hydrogen) atoms. The molecule has 1 amide bonds. The number of nitrogens with one attached hydrogen (secondary N) is 1. The van der Waals surface area contributed by atoms with Gasteiger partial charge >= 0.3 is 11.9 Å². The zero-order valence-corrected chi connectivity index (χ0v) is 19.5. The van der Waals surface area contributed by atoms with Crippen LogP contribution < -0.4 is 10.1 Å². The van der Waals surface area contributed by atoms with Crippen LogP contribution in [0, 0.1) is 0 Å². The van der Waals surface area contributed by atoms with Gasteiger partial charge in [-0.1, -0.05) is 30.3 Å². The Labute approximate surface area is 199 Å². The summed E-state index contributed by atoms with van der Waals surface area (Å²) < 4.78 is 5.55. The second-order valence-corrected chi connectivity index (χ2v) is 8.61. The van der Waals surface area contributed by atoms with E-state index >= 15 is 0 Å². The fourth-order valence-electron chi connectivity index (χ4n) is 4.57. The number of fused-ring (bicyclic) bond motifs is 1. The Kier molecular flexibility index (Phi) is 9.04. The van der Waals surface area contributed by atoms with Gasteiger partial charge in [-0.2, -0.15) is 0 Å². The Bertz CT molecular complexity index is 1000. The van der Waals surface area contributed by atoms with Crippen molar-refractivity contribution < 1.29 is 29.3 Å². The molecule has 8 heteroatoms. The lowest BCUT2D eigenvalue weighted by molar-refractivity contribution is -0.159. The number of aliphatic carboxylic acids is 2. The van der Waals surface area contributed by atoms with E-state index in [2.05, 4.69) is 46.6 Å². The molecule has 0 aliphatic carbocycles. The normalized spacial score (nSPS) is 16.0. The lowest BCUT2D eigenvalue weighted by Gasteiger charge is -2.32. The van der Waals surface area contributed by atoms with Crippen LogP contribution in [-0.4, -0.2) is 59.7 Å². The van der Waals surface area contributed by atoms with Crippen LogP contribution in [0.5, 0.6) is 5.75 Å². The van der Waals surface area contributed by atoms with Gasteiger partial charge in [-0.3, -0.25) is 4.79 Å². The third-order valence-electron chi connectivity index (χ3n) is 6.35. The summed E-state index contributed by atoms with van der Waals surface area (Å²) in [5.74, 6) is -1.87. The number of rotatable bonds is 6. The Balaban J connectivity index is 0.000000481. The van der Waals surface area contributed by atoms with Crippen LogP contribution in [0.4, 0.5) is 5.69 Å². The quantitative estimate of drug-likeness (QED) is 0.555. The summed E-state index contributed by atoms with van der Waals surface area (Å²) in [6.45, 7) is 3.49. The summed E-state index contributed by atoms with van der Waals surface area (Å²) in [5.41, 5.74) is 5.04. The van der Waals surface area contributed by atoms with Crippen LogP contribution in [0.25, 0.3) is 0 Å². The molecule has 2 aromatic rings. The fourth-order valence-corrected chi connectivity index (χ4v) is 4.57. The van der Waals surface area contributed by atoms with Crippen molar-refractivity contribution in [2.24, 2.45) is 0 Å². The number of hydrogen-bond donors (Lipinski definition) is 3. The van der Waals surface area contributed by atoms with Crippen LogP contribution in [0.2, 0.25) is 0 Å². The number of hydrogen-bond acceptors (Lipinski definition) is 5. The van der Waals surface area contributed by atoms with Crippen molar-refractivity contribution in [1.29, 1.82) is 0 Å². The number of carboxylic acids is 2. The summed E-state index contributed by atoms with van der Waals surface area (Å²) in [6, 6.07) is 15.0. The van der Waals surface area contributed by atoms with E-state index in [1.807, 2.05) is 6.07 Å². The Morgan fingerprint density at radius 2 is 1.76 bits per heavy atom. The van der Waals surface area contributed by atoms with Crippen molar-refractivity contribution in [3.63, 3.8) is 0 Å². The number of carbonyl (C=O) groups excluding carboxylic acids is 1. The van der Waals surface area contributed by atoms with E-state index in [0.717, 1.165) is 30.8 Å². The Hall–Kier alpha value is -3.39. The fraction of sp³-hybridized carbons (Fsp3) is 0.423. The molecule has 0 atom stereocenters. The van der Waals surface area contributed by atoms with E-state index in [0.29, 0.717) is 12.3 Å². The van der Waals surface area contributed by atoms with Crippen molar-refractivity contribution >= 4 is 23.5 Å². The first kappa shape index (κ1) is 25.2. The maximum Gasteiger partial charge on any atom is 0.414 e. The molecule has 2 aliphatic heterocycles. The highest BCUT2D eigenvalue weighted by molar-refractivity contribution is 6.27. The maximum atomic E-state index is 11.5. The third-order valence-corrected chi connectivity index (χ3v) is 6.35. The average molecular weight is 469 g/mol. The van der Waals surface area contributed by atoms with Crippen LogP contribution in [0.1, 0.15) is 48.3 Å². The molecule has 0 aromatic heterocycles. The molecule has 182 valence electrons. The molecule has 1 fully saturated rings. The molecule has 0 bridgehead atoms. The number of anilines is 1. The molecule has 4 rings (SSSR count). The van der Waals surface area contributed by atoms with Gasteiger partial charge in [-0.25, -0.2) is 9.59 Å². The van der Waals surface area contributed by atoms with Crippen LogP contribution in [0.15, 0.2) is 42.5 Å². The topological polar surface area (TPSA) is 116 Å². The number of para-hydroxylation sites is 1. The molecule has 0 radical (unpaired) electrons. The van der Waals surface area contributed by atoms with Crippen LogP contribution in [-0.2, 0) is 27.2 Å². The van der Waals surface area contributed by atoms with Crippen LogP contribution in [0.3, 0.4) is 0 Å². The number of amides is 1. The summed E-state index contributed by atoms with van der Waals surface area (Å²) in [5, 5.41) is 17.7. The van der Waals surface area contributed by atoms with Crippen molar-refractivity contribution in [3.8, 4) is 5.75 Å². The molecular weight excluding hydrogens is 436 g/mol. The summed E-state index contributed by atoms with van der Waals surface area (Å²) in [7, 11) is 1.77. The minimum absolute atomic E-state index is 0.136. The number of carbonyl (C=O) groups is 3. The predicted octanol–water partition coefficient (Wildman–Crippen LogP) is 3.55. The Morgan fingerprint density at radius 1 is 1.06 bits per heavy atom. The molecular formula is C26H32N2O6. The van der Waals surface area contributed by atoms with Gasteiger partial charge in [-0.15, -0.1) is 0 Å². The summed E-state index contributed by atoms with van der Waals surface area (Å²) in [6.07, 6.45) is 6.18. The van der Waals surface area contributed by atoms with Gasteiger partial charge in [0.1, 0.15) is 5.75 Å². The largest absolute Gasteiger partial charge is 0.496 e. The number of aryl methyl sites for hydroxylation is 2.